The number of β-amino-alcohol motifs (C(OH)–C–C–N with tert-alkyl or cyclic N) is 1. The number of carbonyl (C=O) groups is 2. The number of likely N-dealkylation sites (tertiary alicyclic amines) is 1. The lowest BCUT2D eigenvalue weighted by molar-refractivity contribution is -0.122. The van der Waals surface area contributed by atoms with Crippen molar-refractivity contribution in [3.8, 4) is 0 Å². The summed E-state index contributed by atoms with van der Waals surface area (Å²) in [6.45, 7) is 0.579. The van der Waals surface area contributed by atoms with Crippen LogP contribution in [-0.4, -0.2) is 53.2 Å². The Balaban J connectivity index is 1.67. The van der Waals surface area contributed by atoms with E-state index in [1.54, 1.807) is 13.2 Å². The number of benzene rings is 1. The summed E-state index contributed by atoms with van der Waals surface area (Å²) in [5, 5.41) is 16.4. The number of anilines is 1. The van der Waals surface area contributed by atoms with Crippen LogP contribution in [-0.2, 0) is 4.79 Å². The number of aliphatic hydroxyl groups excluding tert-OH is 1. The smallest absolute Gasteiger partial charge is 0.322 e. The fourth-order valence-electron chi connectivity index (χ4n) is 2.96. The molecule has 2 aromatic rings. The molecule has 0 saturated carbocycles. The van der Waals surface area contributed by atoms with Crippen LogP contribution < -0.4 is 10.6 Å². The van der Waals surface area contributed by atoms with Crippen LogP contribution in [0.5, 0.6) is 0 Å². The van der Waals surface area contributed by atoms with E-state index < -0.39 is 6.10 Å². The lowest BCUT2D eigenvalue weighted by Crippen LogP contribution is -2.33. The third-order valence-electron chi connectivity index (χ3n) is 4.31. The number of nitrogens with one attached hydrogen (secondary N) is 3. The van der Waals surface area contributed by atoms with E-state index in [1.165, 1.54) is 4.90 Å². The maximum absolute atomic E-state index is 12.4. The normalized spacial score (nSPS) is 20.4. The van der Waals surface area contributed by atoms with Crippen LogP contribution in [0.15, 0.2) is 28.9 Å². The lowest BCUT2D eigenvalue weighted by Gasteiger charge is -2.16. The zero-order valence-electron chi connectivity index (χ0n) is 13.2. The van der Waals surface area contributed by atoms with Gasteiger partial charge in [-0.15, -0.1) is 0 Å². The topological polar surface area (TPSA) is 97.5 Å². The first kappa shape index (κ1) is 16.8. The highest BCUT2D eigenvalue weighted by Crippen LogP contribution is 2.27. The minimum absolute atomic E-state index is 0.136. The molecule has 0 unspecified atom stereocenters. The number of halogens is 1. The molecular formula is C16H19BrN4O3. The van der Waals surface area contributed by atoms with Crippen molar-refractivity contribution in [3.05, 3.63) is 28.9 Å². The van der Waals surface area contributed by atoms with Gasteiger partial charge < -0.3 is 25.6 Å². The number of hydrogen-bond acceptors (Lipinski definition) is 3. The Morgan fingerprint density at radius 2 is 2.21 bits per heavy atom. The fourth-order valence-corrected chi connectivity index (χ4v) is 3.32. The molecular weight excluding hydrogens is 376 g/mol. The van der Waals surface area contributed by atoms with Crippen LogP contribution in [0.2, 0.25) is 0 Å². The van der Waals surface area contributed by atoms with Crippen LogP contribution >= 0.6 is 15.9 Å². The number of aliphatic hydroxyl groups is 1. The van der Waals surface area contributed by atoms with E-state index >= 15 is 0 Å². The molecule has 2 atom stereocenters. The molecule has 0 radical (unpaired) electrons. The van der Waals surface area contributed by atoms with Gasteiger partial charge in [0.15, 0.2) is 0 Å². The minimum Gasteiger partial charge on any atom is -0.391 e. The number of carbonyl (C=O) groups excluding carboxylic acids is 2. The van der Waals surface area contributed by atoms with Crippen molar-refractivity contribution < 1.29 is 14.7 Å². The second-order valence-electron chi connectivity index (χ2n) is 5.93. The van der Waals surface area contributed by atoms with Gasteiger partial charge in [-0.05, 0) is 18.2 Å². The molecule has 128 valence electrons. The Labute approximate surface area is 147 Å². The van der Waals surface area contributed by atoms with E-state index in [2.05, 4.69) is 31.5 Å². The Morgan fingerprint density at radius 3 is 2.96 bits per heavy atom. The molecule has 0 spiro atoms. The SMILES string of the molecule is CNC(=O)C[C@@H]1CN(C(=O)Nc2c[nH]c3cc(Br)ccc23)C[C@H]1O. The molecule has 1 aromatic heterocycles. The maximum atomic E-state index is 12.4. The number of fused-ring (bicyclic) bond motifs is 1. The van der Waals surface area contributed by atoms with Crippen molar-refractivity contribution in [2.45, 2.75) is 12.5 Å². The monoisotopic (exact) mass is 394 g/mol. The van der Waals surface area contributed by atoms with E-state index in [1.807, 2.05) is 18.2 Å². The molecule has 1 aliphatic heterocycles. The molecule has 24 heavy (non-hydrogen) atoms. The van der Waals surface area contributed by atoms with Gasteiger partial charge in [0.2, 0.25) is 5.91 Å². The van der Waals surface area contributed by atoms with Crippen molar-refractivity contribution in [1.29, 1.82) is 0 Å². The molecule has 7 nitrogen and oxygen atoms in total. The van der Waals surface area contributed by atoms with Crippen LogP contribution in [0, 0.1) is 5.92 Å². The van der Waals surface area contributed by atoms with Gasteiger partial charge in [0, 0.05) is 54.0 Å². The van der Waals surface area contributed by atoms with Gasteiger partial charge in [0.05, 0.1) is 11.8 Å². The highest BCUT2D eigenvalue weighted by Gasteiger charge is 2.35. The van der Waals surface area contributed by atoms with Crippen LogP contribution in [0.1, 0.15) is 6.42 Å². The molecule has 4 N–H and O–H groups in total. The average Bonchev–Trinajstić information content (AvgIpc) is 3.11. The van der Waals surface area contributed by atoms with Gasteiger partial charge in [-0.1, -0.05) is 15.9 Å². The number of aromatic amines is 1. The number of rotatable bonds is 3. The highest BCUT2D eigenvalue weighted by atomic mass is 79.9. The predicted molar refractivity (Wildman–Crippen MR) is 94.8 cm³/mol. The molecule has 1 saturated heterocycles. The summed E-state index contributed by atoms with van der Waals surface area (Å²) in [6.07, 6.45) is 1.26. The van der Waals surface area contributed by atoms with Gasteiger partial charge in [-0.3, -0.25) is 4.79 Å². The van der Waals surface area contributed by atoms with Crippen molar-refractivity contribution in [3.63, 3.8) is 0 Å². The quantitative estimate of drug-likeness (QED) is 0.639. The summed E-state index contributed by atoms with van der Waals surface area (Å²) >= 11 is 3.41. The minimum atomic E-state index is -0.688. The number of H-pyrrole nitrogens is 1. The molecule has 1 aromatic carbocycles. The first-order chi connectivity index (χ1) is 11.5. The molecule has 3 rings (SSSR count). The summed E-state index contributed by atoms with van der Waals surface area (Å²) in [7, 11) is 1.56. The largest absolute Gasteiger partial charge is 0.391 e. The molecule has 1 fully saturated rings. The van der Waals surface area contributed by atoms with Gasteiger partial charge in [-0.25, -0.2) is 4.79 Å². The zero-order chi connectivity index (χ0) is 17.3. The Bertz CT molecular complexity index is 776. The van der Waals surface area contributed by atoms with Crippen LogP contribution in [0.3, 0.4) is 0 Å². The van der Waals surface area contributed by atoms with Crippen LogP contribution in [0.4, 0.5) is 10.5 Å². The van der Waals surface area contributed by atoms with Gasteiger partial charge in [0.25, 0.3) is 0 Å². The molecule has 0 bridgehead atoms. The third kappa shape index (κ3) is 3.39. The van der Waals surface area contributed by atoms with E-state index in [0.717, 1.165) is 15.4 Å². The van der Waals surface area contributed by atoms with E-state index in [0.29, 0.717) is 12.2 Å². The predicted octanol–water partition coefficient (Wildman–Crippen LogP) is 1.89. The second-order valence-corrected chi connectivity index (χ2v) is 6.85. The average molecular weight is 395 g/mol. The number of hydrogen-bond donors (Lipinski definition) is 4. The summed E-state index contributed by atoms with van der Waals surface area (Å²) in [5.41, 5.74) is 1.60. The molecule has 8 heteroatoms. The number of amides is 3. The number of aromatic nitrogens is 1. The van der Waals surface area contributed by atoms with Crippen molar-refractivity contribution in [2.24, 2.45) is 5.92 Å². The molecule has 3 amide bonds. The van der Waals surface area contributed by atoms with Crippen LogP contribution in [0.25, 0.3) is 10.9 Å². The number of urea groups is 1. The van der Waals surface area contributed by atoms with Crippen molar-refractivity contribution >= 4 is 44.5 Å². The summed E-state index contributed by atoms with van der Waals surface area (Å²) in [5.74, 6) is -0.377. The van der Waals surface area contributed by atoms with Gasteiger partial charge >= 0.3 is 6.03 Å². The fraction of sp³-hybridized carbons (Fsp3) is 0.375. The lowest BCUT2D eigenvalue weighted by atomic mass is 10.0. The van der Waals surface area contributed by atoms with Gasteiger partial charge in [-0.2, -0.15) is 0 Å². The van der Waals surface area contributed by atoms with E-state index in [4.69, 9.17) is 0 Å². The zero-order valence-corrected chi connectivity index (χ0v) is 14.8. The summed E-state index contributed by atoms with van der Waals surface area (Å²) < 4.78 is 0.953. The third-order valence-corrected chi connectivity index (χ3v) is 4.80. The standard InChI is InChI=1S/C16H19BrN4O3/c1-18-15(23)4-9-7-21(8-14(9)22)16(24)20-13-6-19-12-5-10(17)2-3-11(12)13/h2-3,5-6,9,14,19,22H,4,7-8H2,1H3,(H,18,23)(H,20,24)/t9-,14-/m1/s1. The number of nitrogens with zero attached hydrogens (tertiary/aromatic N) is 1. The van der Waals surface area contributed by atoms with E-state index in [9.17, 15) is 14.7 Å². The maximum Gasteiger partial charge on any atom is 0.322 e. The Morgan fingerprint density at radius 1 is 1.42 bits per heavy atom. The van der Waals surface area contributed by atoms with E-state index in [-0.39, 0.29) is 30.8 Å². The highest BCUT2D eigenvalue weighted by molar-refractivity contribution is 9.10. The first-order valence-electron chi connectivity index (χ1n) is 7.69. The summed E-state index contributed by atoms with van der Waals surface area (Å²) in [4.78, 5) is 28.6. The van der Waals surface area contributed by atoms with Gasteiger partial charge in [0.1, 0.15) is 0 Å². The van der Waals surface area contributed by atoms with Crippen molar-refractivity contribution in [1.82, 2.24) is 15.2 Å². The summed E-state index contributed by atoms with van der Waals surface area (Å²) in [6, 6.07) is 5.48. The van der Waals surface area contributed by atoms with Crippen molar-refractivity contribution in [2.75, 3.05) is 25.5 Å². The Hall–Kier alpha value is -2.06. The molecule has 2 heterocycles. The molecule has 1 aliphatic rings. The first-order valence-corrected chi connectivity index (χ1v) is 8.48. The second kappa shape index (κ2) is 6.82. The molecule has 0 aliphatic carbocycles. The Kier molecular flexibility index (Phi) is 4.77.